The molecule has 0 aliphatic rings. The lowest BCUT2D eigenvalue weighted by Gasteiger charge is -2.26. The lowest BCUT2D eigenvalue weighted by atomic mass is 10.2. The van der Waals surface area contributed by atoms with E-state index >= 15 is 0 Å². The number of hydrogen-bond donors (Lipinski definition) is 0. The van der Waals surface area contributed by atoms with Crippen molar-refractivity contribution in [2.24, 2.45) is 0 Å². The van der Waals surface area contributed by atoms with E-state index in [-0.39, 0.29) is 16.6 Å². The van der Waals surface area contributed by atoms with Gasteiger partial charge in [0.2, 0.25) is 0 Å². The summed E-state index contributed by atoms with van der Waals surface area (Å²) in [5, 5.41) is -0.178. The van der Waals surface area contributed by atoms with E-state index in [1.54, 1.807) is 6.92 Å². The summed E-state index contributed by atoms with van der Waals surface area (Å²) in [5.74, 6) is -0.0430. The first-order chi connectivity index (χ1) is 8.92. The first kappa shape index (κ1) is 17.0. The maximum absolute atomic E-state index is 12.5. The lowest BCUT2D eigenvalue weighted by molar-refractivity contribution is -0.137. The first-order valence-corrected chi connectivity index (χ1v) is 7.99. The van der Waals surface area contributed by atoms with Gasteiger partial charge in [0.25, 0.3) is 0 Å². The molecular formula is C11H14ClF3N2O2S. The van der Waals surface area contributed by atoms with E-state index in [4.69, 9.17) is 11.6 Å². The standard InChI is InChI=1S/C11H14ClF3N2O2S/c1-7(6-20(3,18)19)17(2)10-9(12)4-8(5-16-10)11(13,14)15/h4-5,7H,6H2,1-3H3/t7-/m1/s1. The van der Waals surface area contributed by atoms with Crippen LogP contribution in [0.15, 0.2) is 12.3 Å². The zero-order chi connectivity index (χ0) is 15.7. The Morgan fingerprint density at radius 3 is 2.40 bits per heavy atom. The number of hydrogen-bond acceptors (Lipinski definition) is 4. The molecule has 0 saturated heterocycles. The Kier molecular flexibility index (Phi) is 4.91. The lowest BCUT2D eigenvalue weighted by Crippen LogP contribution is -2.35. The number of pyridine rings is 1. The van der Waals surface area contributed by atoms with Crippen molar-refractivity contribution in [3.8, 4) is 0 Å². The molecule has 0 unspecified atom stereocenters. The molecule has 0 radical (unpaired) electrons. The summed E-state index contributed by atoms with van der Waals surface area (Å²) in [6.07, 6.45) is -2.77. The second kappa shape index (κ2) is 5.77. The van der Waals surface area contributed by atoms with Crippen molar-refractivity contribution >= 4 is 27.3 Å². The number of anilines is 1. The van der Waals surface area contributed by atoms with Crippen LogP contribution in [0.5, 0.6) is 0 Å². The Morgan fingerprint density at radius 1 is 1.45 bits per heavy atom. The van der Waals surface area contributed by atoms with E-state index in [0.29, 0.717) is 6.20 Å². The Labute approximate surface area is 120 Å². The minimum absolute atomic E-state index is 0.107. The highest BCUT2D eigenvalue weighted by atomic mass is 35.5. The highest BCUT2D eigenvalue weighted by molar-refractivity contribution is 7.90. The quantitative estimate of drug-likeness (QED) is 0.851. The van der Waals surface area contributed by atoms with E-state index in [1.165, 1.54) is 11.9 Å². The molecule has 0 aliphatic heterocycles. The molecule has 1 aromatic rings. The van der Waals surface area contributed by atoms with Gasteiger partial charge >= 0.3 is 6.18 Å². The molecular weight excluding hydrogens is 317 g/mol. The minimum Gasteiger partial charge on any atom is -0.355 e. The fraction of sp³-hybridized carbons (Fsp3) is 0.545. The monoisotopic (exact) mass is 330 g/mol. The Balaban J connectivity index is 3.03. The van der Waals surface area contributed by atoms with Crippen LogP contribution in [0.25, 0.3) is 0 Å². The van der Waals surface area contributed by atoms with E-state index in [2.05, 4.69) is 4.98 Å². The van der Waals surface area contributed by atoms with E-state index in [1.807, 2.05) is 0 Å². The molecule has 0 aromatic carbocycles. The zero-order valence-electron chi connectivity index (χ0n) is 11.1. The van der Waals surface area contributed by atoms with Gasteiger partial charge in [0.05, 0.1) is 16.3 Å². The van der Waals surface area contributed by atoms with Crippen LogP contribution in [0.1, 0.15) is 12.5 Å². The summed E-state index contributed by atoms with van der Waals surface area (Å²) in [7, 11) is -1.69. The molecule has 1 rings (SSSR count). The van der Waals surface area contributed by atoms with Gasteiger partial charge in [-0.2, -0.15) is 13.2 Å². The van der Waals surface area contributed by atoms with E-state index < -0.39 is 27.6 Å². The van der Waals surface area contributed by atoms with Gasteiger partial charge in [0, 0.05) is 25.5 Å². The van der Waals surface area contributed by atoms with Crippen molar-refractivity contribution in [2.75, 3.05) is 24.0 Å². The minimum atomic E-state index is -4.52. The van der Waals surface area contributed by atoms with Crippen molar-refractivity contribution in [3.63, 3.8) is 0 Å². The summed E-state index contributed by atoms with van der Waals surface area (Å²) in [4.78, 5) is 5.11. The molecule has 9 heteroatoms. The number of rotatable bonds is 4. The van der Waals surface area contributed by atoms with Gasteiger partial charge in [-0.1, -0.05) is 11.6 Å². The summed E-state index contributed by atoms with van der Waals surface area (Å²) in [5.41, 5.74) is -0.949. The average molecular weight is 331 g/mol. The molecule has 114 valence electrons. The van der Waals surface area contributed by atoms with Gasteiger partial charge < -0.3 is 4.90 Å². The molecule has 0 spiro atoms. The van der Waals surface area contributed by atoms with Crippen molar-refractivity contribution in [3.05, 3.63) is 22.8 Å². The fourth-order valence-electron chi connectivity index (χ4n) is 1.60. The summed E-state index contributed by atoms with van der Waals surface area (Å²) < 4.78 is 59.9. The maximum atomic E-state index is 12.5. The van der Waals surface area contributed by atoms with Crippen molar-refractivity contribution in [1.82, 2.24) is 4.98 Å². The van der Waals surface area contributed by atoms with Gasteiger partial charge in [0.1, 0.15) is 15.7 Å². The molecule has 0 bridgehead atoms. The van der Waals surface area contributed by atoms with Crippen LogP contribution in [0.4, 0.5) is 19.0 Å². The number of alkyl halides is 3. The molecule has 4 nitrogen and oxygen atoms in total. The third-order valence-electron chi connectivity index (χ3n) is 2.69. The molecule has 0 aliphatic carbocycles. The number of nitrogens with zero attached hydrogens (tertiary/aromatic N) is 2. The molecule has 0 amide bonds. The van der Waals surface area contributed by atoms with Crippen molar-refractivity contribution < 1.29 is 21.6 Å². The maximum Gasteiger partial charge on any atom is 0.417 e. The van der Waals surface area contributed by atoms with Gasteiger partial charge in [-0.25, -0.2) is 13.4 Å². The van der Waals surface area contributed by atoms with E-state index in [9.17, 15) is 21.6 Å². The van der Waals surface area contributed by atoms with Crippen LogP contribution < -0.4 is 4.90 Å². The van der Waals surface area contributed by atoms with Gasteiger partial charge in [0.15, 0.2) is 0 Å². The van der Waals surface area contributed by atoms with Crippen molar-refractivity contribution in [2.45, 2.75) is 19.1 Å². The highest BCUT2D eigenvalue weighted by Crippen LogP contribution is 2.33. The van der Waals surface area contributed by atoms with E-state index in [0.717, 1.165) is 12.3 Å². The van der Waals surface area contributed by atoms with Gasteiger partial charge in [-0.3, -0.25) is 0 Å². The normalized spacial score (nSPS) is 14.2. The molecule has 1 heterocycles. The highest BCUT2D eigenvalue weighted by Gasteiger charge is 2.32. The Morgan fingerprint density at radius 2 is 2.00 bits per heavy atom. The molecule has 1 atom stereocenters. The predicted molar refractivity (Wildman–Crippen MR) is 71.8 cm³/mol. The Hall–Kier alpha value is -1.02. The van der Waals surface area contributed by atoms with Crippen LogP contribution in [0.2, 0.25) is 5.02 Å². The smallest absolute Gasteiger partial charge is 0.355 e. The number of sulfone groups is 1. The van der Waals surface area contributed by atoms with Crippen molar-refractivity contribution in [1.29, 1.82) is 0 Å². The Bertz CT molecular complexity index is 590. The van der Waals surface area contributed by atoms with Gasteiger partial charge in [-0.05, 0) is 13.0 Å². The van der Waals surface area contributed by atoms with Crippen LogP contribution in [-0.4, -0.2) is 38.5 Å². The van der Waals surface area contributed by atoms with Crippen LogP contribution >= 0.6 is 11.6 Å². The van der Waals surface area contributed by atoms with Crippen LogP contribution in [0, 0.1) is 0 Å². The largest absolute Gasteiger partial charge is 0.417 e. The first-order valence-electron chi connectivity index (χ1n) is 5.55. The molecule has 0 fully saturated rings. The molecule has 20 heavy (non-hydrogen) atoms. The summed E-state index contributed by atoms with van der Waals surface area (Å²) in [6, 6.07) is 0.305. The zero-order valence-corrected chi connectivity index (χ0v) is 12.6. The number of aromatic nitrogens is 1. The SMILES string of the molecule is C[C@H](CS(C)(=O)=O)N(C)c1ncc(C(F)(F)F)cc1Cl. The second-order valence-electron chi connectivity index (χ2n) is 4.58. The number of halogens is 4. The fourth-order valence-corrected chi connectivity index (χ4v) is 3.00. The molecule has 1 aromatic heterocycles. The average Bonchev–Trinajstić information content (AvgIpc) is 2.24. The summed E-state index contributed by atoms with van der Waals surface area (Å²) >= 11 is 5.79. The topological polar surface area (TPSA) is 50.3 Å². The van der Waals surface area contributed by atoms with Crippen LogP contribution in [-0.2, 0) is 16.0 Å². The van der Waals surface area contributed by atoms with Gasteiger partial charge in [-0.15, -0.1) is 0 Å². The predicted octanol–water partition coefficient (Wildman–Crippen LogP) is 2.62. The second-order valence-corrected chi connectivity index (χ2v) is 7.17. The summed E-state index contributed by atoms with van der Waals surface area (Å²) in [6.45, 7) is 1.62. The third kappa shape index (κ3) is 4.52. The molecule has 0 N–H and O–H groups in total. The molecule has 0 saturated carbocycles. The third-order valence-corrected chi connectivity index (χ3v) is 4.05. The van der Waals surface area contributed by atoms with Crippen LogP contribution in [0.3, 0.4) is 0 Å².